The van der Waals surface area contributed by atoms with E-state index >= 15 is 0 Å². The zero-order valence-corrected chi connectivity index (χ0v) is 5.23. The van der Waals surface area contributed by atoms with Crippen LogP contribution in [0.15, 0.2) is 18.2 Å². The molecule has 46 valence electrons. The first-order chi connectivity index (χ1) is 4.38. The maximum Gasteiger partial charge on any atom is 0.0818 e. The molecule has 0 aliphatic heterocycles. The van der Waals surface area contributed by atoms with E-state index in [2.05, 4.69) is 29.3 Å². The van der Waals surface area contributed by atoms with Crippen LogP contribution in [-0.4, -0.2) is 10.2 Å². The minimum Gasteiger partial charge on any atom is -0.299 e. The number of hydrogen-bond acceptors (Lipinski definition) is 0. The number of hydrogen-bond donors (Lipinski definition) is 2. The fraction of sp³-hybridized carbons (Fsp3) is 0.143. The van der Waals surface area contributed by atoms with Crippen LogP contribution < -0.4 is 0 Å². The van der Waals surface area contributed by atoms with Crippen molar-refractivity contribution < 1.29 is 0 Å². The molecule has 0 amide bonds. The van der Waals surface area contributed by atoms with E-state index in [0.717, 1.165) is 0 Å². The lowest BCUT2D eigenvalue weighted by atomic mass is 10.2. The highest BCUT2D eigenvalue weighted by Gasteiger charge is 1.96. The van der Waals surface area contributed by atoms with Gasteiger partial charge in [0.1, 0.15) is 0 Å². The van der Waals surface area contributed by atoms with Crippen LogP contribution in [0.5, 0.6) is 0 Å². The molecule has 2 heteroatoms. The molecule has 2 aromatic rings. The van der Waals surface area contributed by atoms with Crippen LogP contribution in [-0.2, 0) is 0 Å². The average molecular weight is 120 g/mol. The number of aromatic nitrogens is 2. The summed E-state index contributed by atoms with van der Waals surface area (Å²) in [5.74, 6) is 0. The van der Waals surface area contributed by atoms with Crippen molar-refractivity contribution in [2.75, 3.05) is 0 Å². The highest BCUT2D eigenvalue weighted by Crippen LogP contribution is 2.13. The monoisotopic (exact) mass is 120 g/mol. The van der Waals surface area contributed by atoms with Crippen molar-refractivity contribution in [2.45, 2.75) is 6.92 Å². The molecule has 1 aromatic heterocycles. The first-order valence-electron chi connectivity index (χ1n) is 2.99. The van der Waals surface area contributed by atoms with Crippen molar-refractivity contribution in [3.05, 3.63) is 23.8 Å². The summed E-state index contributed by atoms with van der Waals surface area (Å²) in [6, 6.07) is 6.19. The molecule has 0 radical (unpaired) electrons. The highest BCUT2D eigenvalue weighted by molar-refractivity contribution is 5.79. The smallest absolute Gasteiger partial charge is 0.0818 e. The largest absolute Gasteiger partial charge is 0.299 e. The second kappa shape index (κ2) is 1.41. The van der Waals surface area contributed by atoms with Gasteiger partial charge in [0.2, 0.25) is 0 Å². The Bertz CT molecular complexity index is 316. The zero-order valence-electron chi connectivity index (χ0n) is 5.23. The Kier molecular flexibility index (Phi) is 0.730. The maximum atomic E-state index is 3.01. The fourth-order valence-corrected chi connectivity index (χ4v) is 1.01. The minimum absolute atomic E-state index is 1.20. The van der Waals surface area contributed by atoms with Crippen LogP contribution in [0, 0.1) is 6.92 Å². The quantitative estimate of drug-likeness (QED) is 0.531. The van der Waals surface area contributed by atoms with E-state index in [9.17, 15) is 0 Å². The summed E-state index contributed by atoms with van der Waals surface area (Å²) in [6.45, 7) is 2.09. The number of rotatable bonds is 0. The van der Waals surface area contributed by atoms with Crippen molar-refractivity contribution in [1.82, 2.24) is 10.2 Å². The van der Waals surface area contributed by atoms with E-state index in [-0.39, 0.29) is 0 Å². The summed E-state index contributed by atoms with van der Waals surface area (Å²) < 4.78 is 0. The minimum atomic E-state index is 1.20. The first-order valence-corrected chi connectivity index (χ1v) is 2.99. The van der Waals surface area contributed by atoms with Crippen LogP contribution in [0.1, 0.15) is 5.56 Å². The average Bonchev–Trinajstić information content (AvgIpc) is 1.74. The molecule has 0 aliphatic carbocycles. The molecule has 0 aliphatic rings. The highest BCUT2D eigenvalue weighted by atomic mass is 15.1. The second-order valence-corrected chi connectivity index (χ2v) is 2.25. The summed E-state index contributed by atoms with van der Waals surface area (Å²) in [5.41, 5.74) is 3.73. The molecule has 0 bridgehead atoms. The van der Waals surface area contributed by atoms with Crippen LogP contribution in [0.2, 0.25) is 0 Å². The van der Waals surface area contributed by atoms with Gasteiger partial charge in [-0.25, -0.2) is 0 Å². The van der Waals surface area contributed by atoms with Gasteiger partial charge < -0.3 is 0 Å². The second-order valence-electron chi connectivity index (χ2n) is 2.25. The third-order valence-corrected chi connectivity index (χ3v) is 1.59. The number of nitrogens with one attached hydrogen (secondary N) is 2. The van der Waals surface area contributed by atoms with Crippen molar-refractivity contribution in [3.8, 4) is 0 Å². The molecule has 2 N–H and O–H groups in total. The fourth-order valence-electron chi connectivity index (χ4n) is 1.01. The molecular weight excluding hydrogens is 112 g/mol. The van der Waals surface area contributed by atoms with Gasteiger partial charge in [0.05, 0.1) is 11.0 Å². The lowest BCUT2D eigenvalue weighted by molar-refractivity contribution is 1.06. The van der Waals surface area contributed by atoms with Crippen molar-refractivity contribution in [2.24, 2.45) is 0 Å². The summed E-state index contributed by atoms with van der Waals surface area (Å²) >= 11 is 0. The Morgan fingerprint density at radius 3 is 2.56 bits per heavy atom. The predicted octanol–water partition coefficient (Wildman–Crippen LogP) is 1.80. The summed E-state index contributed by atoms with van der Waals surface area (Å²) in [7, 11) is 0. The molecule has 2 nitrogen and oxygen atoms in total. The van der Waals surface area contributed by atoms with Crippen LogP contribution in [0.25, 0.3) is 11.0 Å². The van der Waals surface area contributed by atoms with Crippen LogP contribution in [0.4, 0.5) is 0 Å². The molecule has 9 heavy (non-hydrogen) atoms. The predicted molar refractivity (Wildman–Crippen MR) is 37.4 cm³/mol. The standard InChI is InChI=1S/C7H8N2/c1-5-3-2-4-6-7(5)9-8-6/h2-4,8-9H,1H3. The topological polar surface area (TPSA) is 31.6 Å². The van der Waals surface area contributed by atoms with E-state index in [1.807, 2.05) is 6.07 Å². The number of benzene rings is 1. The third-order valence-electron chi connectivity index (χ3n) is 1.59. The summed E-state index contributed by atoms with van der Waals surface area (Å²) in [4.78, 5) is 0. The molecule has 2 rings (SSSR count). The number of aryl methyl sites for hydroxylation is 1. The molecular formula is C7H8N2. The maximum absolute atomic E-state index is 3.01. The Labute approximate surface area is 52.9 Å². The SMILES string of the molecule is Cc1cccc2[nH][nH]c12. The van der Waals surface area contributed by atoms with Crippen molar-refractivity contribution in [1.29, 1.82) is 0 Å². The molecule has 0 unspecified atom stereocenters. The Morgan fingerprint density at radius 1 is 1.22 bits per heavy atom. The number of H-pyrrole nitrogens is 2. The van der Waals surface area contributed by atoms with E-state index in [1.165, 1.54) is 16.6 Å². The number of fused-ring (bicyclic) bond motifs is 1. The van der Waals surface area contributed by atoms with E-state index < -0.39 is 0 Å². The van der Waals surface area contributed by atoms with Gasteiger partial charge in [0.15, 0.2) is 0 Å². The molecule has 1 aromatic carbocycles. The Hall–Kier alpha value is -1.18. The summed E-state index contributed by atoms with van der Waals surface area (Å²) in [6.07, 6.45) is 0. The Morgan fingerprint density at radius 2 is 2.11 bits per heavy atom. The molecule has 0 saturated heterocycles. The Balaban J connectivity index is 2.86. The lowest BCUT2D eigenvalue weighted by Crippen LogP contribution is -1.92. The van der Waals surface area contributed by atoms with Gasteiger partial charge in [-0.3, -0.25) is 10.2 Å². The molecule has 1 heterocycles. The van der Waals surface area contributed by atoms with Gasteiger partial charge in [-0.2, -0.15) is 0 Å². The van der Waals surface area contributed by atoms with Gasteiger partial charge in [-0.1, -0.05) is 12.1 Å². The number of aromatic amines is 2. The molecule has 0 spiro atoms. The first kappa shape index (κ1) is 4.68. The molecule has 0 atom stereocenters. The van der Waals surface area contributed by atoms with E-state index in [1.54, 1.807) is 0 Å². The molecule has 0 saturated carbocycles. The van der Waals surface area contributed by atoms with Crippen LogP contribution >= 0.6 is 0 Å². The van der Waals surface area contributed by atoms with Gasteiger partial charge in [-0.15, -0.1) is 0 Å². The molecule has 0 fully saturated rings. The van der Waals surface area contributed by atoms with Gasteiger partial charge >= 0.3 is 0 Å². The van der Waals surface area contributed by atoms with Crippen LogP contribution in [0.3, 0.4) is 0 Å². The van der Waals surface area contributed by atoms with Gasteiger partial charge in [0.25, 0.3) is 0 Å². The van der Waals surface area contributed by atoms with Gasteiger partial charge in [-0.05, 0) is 18.6 Å². The zero-order chi connectivity index (χ0) is 6.27. The van der Waals surface area contributed by atoms with Crippen molar-refractivity contribution in [3.63, 3.8) is 0 Å². The van der Waals surface area contributed by atoms with E-state index in [4.69, 9.17) is 0 Å². The lowest BCUT2D eigenvalue weighted by Gasteiger charge is -2.04. The van der Waals surface area contributed by atoms with Gasteiger partial charge in [0, 0.05) is 0 Å². The third kappa shape index (κ3) is 0.499. The normalized spacial score (nSPS) is 10.8. The number of para-hydroxylation sites is 1. The van der Waals surface area contributed by atoms with Crippen molar-refractivity contribution >= 4 is 11.0 Å². The van der Waals surface area contributed by atoms with E-state index in [0.29, 0.717) is 0 Å². The summed E-state index contributed by atoms with van der Waals surface area (Å²) in [5, 5.41) is 5.99.